The number of hydrogen-bond acceptors (Lipinski definition) is 6. The summed E-state index contributed by atoms with van der Waals surface area (Å²) in [4.78, 5) is 20.4. The molecule has 0 radical (unpaired) electrons. The highest BCUT2D eigenvalue weighted by Gasteiger charge is 2.19. The molecule has 26 heavy (non-hydrogen) atoms. The standard InChI is InChI=1S/C18H16FN5O2/c19-14-5-4-12(8-13(14)15-2-1-7-26-18(21)24-15)23-17(25)16-6-3-11(9-20)10-22-16/h3-6,8,10,15H,1-2,7H2,(H2,21,24)(H,23,25)/t15-/m0/s1. The summed E-state index contributed by atoms with van der Waals surface area (Å²) >= 11 is 0. The Kier molecular flexibility index (Phi) is 5.08. The minimum Gasteiger partial charge on any atom is -0.465 e. The maximum absolute atomic E-state index is 14.3. The lowest BCUT2D eigenvalue weighted by atomic mass is 10.0. The molecule has 3 N–H and O–H groups in total. The van der Waals surface area contributed by atoms with Crippen LogP contribution in [0, 0.1) is 17.1 Å². The Labute approximate surface area is 149 Å². The van der Waals surface area contributed by atoms with Gasteiger partial charge < -0.3 is 15.8 Å². The Balaban J connectivity index is 1.81. The number of nitriles is 1. The molecular formula is C18H16FN5O2. The number of carbonyl (C=O) groups is 1. The van der Waals surface area contributed by atoms with E-state index in [0.717, 1.165) is 0 Å². The number of aliphatic imine (C=N–C) groups is 1. The van der Waals surface area contributed by atoms with E-state index < -0.39 is 17.8 Å². The highest BCUT2D eigenvalue weighted by molar-refractivity contribution is 6.02. The molecule has 0 saturated heterocycles. The number of nitrogens with two attached hydrogens (primary N) is 1. The van der Waals surface area contributed by atoms with Gasteiger partial charge in [0, 0.05) is 17.4 Å². The number of nitrogens with one attached hydrogen (secondary N) is 1. The van der Waals surface area contributed by atoms with Gasteiger partial charge in [-0.05, 0) is 43.2 Å². The number of benzene rings is 1. The van der Waals surface area contributed by atoms with E-state index in [9.17, 15) is 9.18 Å². The van der Waals surface area contributed by atoms with E-state index in [1.807, 2.05) is 6.07 Å². The second-order valence-corrected chi connectivity index (χ2v) is 5.71. The molecule has 1 atom stereocenters. The average molecular weight is 353 g/mol. The summed E-state index contributed by atoms with van der Waals surface area (Å²) in [7, 11) is 0. The molecule has 3 rings (SSSR count). The van der Waals surface area contributed by atoms with Crippen LogP contribution in [0.2, 0.25) is 0 Å². The number of pyridine rings is 1. The Morgan fingerprint density at radius 2 is 2.23 bits per heavy atom. The average Bonchev–Trinajstić information content (AvgIpc) is 2.87. The molecule has 0 spiro atoms. The van der Waals surface area contributed by atoms with Crippen molar-refractivity contribution in [1.29, 1.82) is 5.26 Å². The van der Waals surface area contributed by atoms with E-state index in [-0.39, 0.29) is 11.7 Å². The van der Waals surface area contributed by atoms with Crippen LogP contribution >= 0.6 is 0 Å². The number of amides is 1. The van der Waals surface area contributed by atoms with E-state index >= 15 is 0 Å². The van der Waals surface area contributed by atoms with Crippen LogP contribution in [-0.4, -0.2) is 23.5 Å². The Morgan fingerprint density at radius 1 is 1.38 bits per heavy atom. The molecule has 1 aliphatic heterocycles. The predicted molar refractivity (Wildman–Crippen MR) is 92.9 cm³/mol. The summed E-state index contributed by atoms with van der Waals surface area (Å²) in [6.07, 6.45) is 2.60. The minimum atomic E-state index is -0.470. The van der Waals surface area contributed by atoms with Crippen molar-refractivity contribution in [2.75, 3.05) is 11.9 Å². The van der Waals surface area contributed by atoms with Crippen LogP contribution < -0.4 is 11.1 Å². The van der Waals surface area contributed by atoms with Crippen molar-refractivity contribution in [2.24, 2.45) is 10.7 Å². The van der Waals surface area contributed by atoms with Gasteiger partial charge in [-0.15, -0.1) is 0 Å². The van der Waals surface area contributed by atoms with Crippen molar-refractivity contribution in [2.45, 2.75) is 18.9 Å². The largest absolute Gasteiger partial charge is 0.465 e. The van der Waals surface area contributed by atoms with Gasteiger partial charge in [0.15, 0.2) is 0 Å². The quantitative estimate of drug-likeness (QED) is 0.880. The predicted octanol–water partition coefficient (Wildman–Crippen LogP) is 2.51. The van der Waals surface area contributed by atoms with E-state index in [1.165, 1.54) is 36.5 Å². The van der Waals surface area contributed by atoms with E-state index in [2.05, 4.69) is 15.3 Å². The monoisotopic (exact) mass is 353 g/mol. The molecule has 0 fully saturated rings. The zero-order valence-corrected chi connectivity index (χ0v) is 13.8. The number of carbonyl (C=O) groups excluding carboxylic acids is 1. The van der Waals surface area contributed by atoms with Gasteiger partial charge in [0.25, 0.3) is 11.9 Å². The number of nitrogens with zero attached hydrogens (tertiary/aromatic N) is 3. The number of ether oxygens (including phenoxy) is 1. The second kappa shape index (κ2) is 7.61. The smallest absolute Gasteiger partial charge is 0.282 e. The lowest BCUT2D eigenvalue weighted by Gasteiger charge is -2.13. The SMILES string of the molecule is N#Cc1ccc(C(=O)Nc2ccc(F)c([C@@H]3CCCOC(N)=N3)c2)nc1. The first kappa shape index (κ1) is 17.4. The lowest BCUT2D eigenvalue weighted by molar-refractivity contribution is 0.102. The topological polar surface area (TPSA) is 113 Å². The van der Waals surface area contributed by atoms with Crippen LogP contribution in [0.3, 0.4) is 0 Å². The molecule has 1 aliphatic rings. The first-order chi connectivity index (χ1) is 12.6. The lowest BCUT2D eigenvalue weighted by Crippen LogP contribution is -2.16. The Morgan fingerprint density at radius 3 is 2.96 bits per heavy atom. The van der Waals surface area contributed by atoms with Crippen LogP contribution in [0.1, 0.15) is 40.5 Å². The van der Waals surface area contributed by atoms with Gasteiger partial charge in [-0.25, -0.2) is 14.4 Å². The number of anilines is 1. The first-order valence-electron chi connectivity index (χ1n) is 8.00. The van der Waals surface area contributed by atoms with Crippen molar-refractivity contribution in [3.05, 3.63) is 59.2 Å². The van der Waals surface area contributed by atoms with Crippen LogP contribution in [0.5, 0.6) is 0 Å². The highest BCUT2D eigenvalue weighted by Crippen LogP contribution is 2.29. The van der Waals surface area contributed by atoms with Gasteiger partial charge in [-0.2, -0.15) is 5.26 Å². The molecule has 132 valence electrons. The Bertz CT molecular complexity index is 889. The molecule has 1 amide bonds. The van der Waals surface area contributed by atoms with Crippen molar-refractivity contribution in [1.82, 2.24) is 4.98 Å². The van der Waals surface area contributed by atoms with E-state index in [0.29, 0.717) is 36.3 Å². The fraction of sp³-hybridized carbons (Fsp3) is 0.222. The molecule has 2 aromatic rings. The van der Waals surface area contributed by atoms with Crippen LogP contribution in [0.4, 0.5) is 10.1 Å². The zero-order chi connectivity index (χ0) is 18.5. The number of halogens is 1. The summed E-state index contributed by atoms with van der Waals surface area (Å²) in [6.45, 7) is 0.439. The maximum Gasteiger partial charge on any atom is 0.282 e. The van der Waals surface area contributed by atoms with Gasteiger partial charge >= 0.3 is 0 Å². The summed E-state index contributed by atoms with van der Waals surface area (Å²) in [5.74, 6) is -0.887. The van der Waals surface area contributed by atoms with E-state index in [1.54, 1.807) is 0 Å². The fourth-order valence-electron chi connectivity index (χ4n) is 2.60. The minimum absolute atomic E-state index is 0.0307. The molecule has 0 unspecified atom stereocenters. The zero-order valence-electron chi connectivity index (χ0n) is 13.8. The van der Waals surface area contributed by atoms with Gasteiger partial charge in [-0.1, -0.05) is 0 Å². The molecule has 1 aromatic carbocycles. The third-order valence-electron chi connectivity index (χ3n) is 3.89. The van der Waals surface area contributed by atoms with Gasteiger partial charge in [0.2, 0.25) is 0 Å². The molecule has 0 saturated carbocycles. The fourth-order valence-corrected chi connectivity index (χ4v) is 2.60. The molecule has 2 heterocycles. The van der Waals surface area contributed by atoms with Crippen molar-refractivity contribution >= 4 is 17.6 Å². The van der Waals surface area contributed by atoms with Gasteiger partial charge in [0.05, 0.1) is 18.2 Å². The number of amidine groups is 1. The third kappa shape index (κ3) is 3.95. The third-order valence-corrected chi connectivity index (χ3v) is 3.89. The first-order valence-corrected chi connectivity index (χ1v) is 8.00. The molecule has 1 aromatic heterocycles. The van der Waals surface area contributed by atoms with Gasteiger partial charge in [0.1, 0.15) is 17.6 Å². The van der Waals surface area contributed by atoms with Crippen LogP contribution in [0.25, 0.3) is 0 Å². The number of hydrogen-bond donors (Lipinski definition) is 2. The van der Waals surface area contributed by atoms with E-state index in [4.69, 9.17) is 15.7 Å². The summed E-state index contributed by atoms with van der Waals surface area (Å²) in [5.41, 5.74) is 6.90. The maximum atomic E-state index is 14.3. The summed E-state index contributed by atoms with van der Waals surface area (Å²) in [6, 6.07) is 8.71. The van der Waals surface area contributed by atoms with Crippen molar-refractivity contribution < 1.29 is 13.9 Å². The molecule has 8 heteroatoms. The molecular weight excluding hydrogens is 337 g/mol. The van der Waals surface area contributed by atoms with Crippen molar-refractivity contribution in [3.8, 4) is 6.07 Å². The van der Waals surface area contributed by atoms with Gasteiger partial charge in [-0.3, -0.25) is 4.79 Å². The number of rotatable bonds is 3. The van der Waals surface area contributed by atoms with Crippen LogP contribution in [0.15, 0.2) is 41.5 Å². The van der Waals surface area contributed by atoms with Crippen LogP contribution in [-0.2, 0) is 4.74 Å². The molecule has 7 nitrogen and oxygen atoms in total. The van der Waals surface area contributed by atoms with Crippen molar-refractivity contribution in [3.63, 3.8) is 0 Å². The summed E-state index contributed by atoms with van der Waals surface area (Å²) in [5, 5.41) is 11.4. The highest BCUT2D eigenvalue weighted by atomic mass is 19.1. The Hall–Kier alpha value is -3.47. The normalized spacial score (nSPS) is 16.6. The summed E-state index contributed by atoms with van der Waals surface area (Å²) < 4.78 is 19.4. The second-order valence-electron chi connectivity index (χ2n) is 5.71. The molecule has 0 bridgehead atoms. The number of aromatic nitrogens is 1. The molecule has 0 aliphatic carbocycles.